The normalized spacial score (nSPS) is 19.5. The van der Waals surface area contributed by atoms with Crippen LogP contribution in [0.15, 0.2) is 22.9 Å². The zero-order chi connectivity index (χ0) is 18.8. The van der Waals surface area contributed by atoms with Crippen molar-refractivity contribution in [2.45, 2.75) is 39.5 Å². The van der Waals surface area contributed by atoms with Crippen molar-refractivity contribution in [2.24, 2.45) is 11.8 Å². The van der Waals surface area contributed by atoms with E-state index in [1.807, 2.05) is 12.1 Å². The second-order valence-corrected chi connectivity index (χ2v) is 7.78. The minimum absolute atomic E-state index is 0.134. The molecule has 0 bridgehead atoms. The van der Waals surface area contributed by atoms with Crippen LogP contribution in [0, 0.1) is 18.8 Å². The number of hydrogen-bond donors (Lipinski definition) is 0. The van der Waals surface area contributed by atoms with Crippen molar-refractivity contribution in [1.82, 2.24) is 20.0 Å². The molecule has 2 aromatic rings. The predicted octanol–water partition coefficient (Wildman–Crippen LogP) is 2.91. The third-order valence-electron chi connectivity index (χ3n) is 5.79. The second-order valence-electron chi connectivity index (χ2n) is 7.78. The molecule has 4 heterocycles. The van der Waals surface area contributed by atoms with Crippen LogP contribution < -0.4 is 4.90 Å². The van der Waals surface area contributed by atoms with Gasteiger partial charge < -0.3 is 14.3 Å². The Bertz CT molecular complexity index is 789. The summed E-state index contributed by atoms with van der Waals surface area (Å²) in [7, 11) is 0. The summed E-state index contributed by atoms with van der Waals surface area (Å²) in [4.78, 5) is 26.1. The number of carbonyl (C=O) groups is 1. The fraction of sp³-hybridized carbons (Fsp3) is 0.600. The van der Waals surface area contributed by atoms with Gasteiger partial charge in [-0.2, -0.15) is 4.98 Å². The van der Waals surface area contributed by atoms with E-state index in [0.29, 0.717) is 17.6 Å². The molecule has 2 aliphatic rings. The molecule has 0 spiro atoms. The van der Waals surface area contributed by atoms with Crippen LogP contribution in [0.2, 0.25) is 0 Å². The Morgan fingerprint density at radius 2 is 1.89 bits per heavy atom. The Hall–Kier alpha value is -2.44. The van der Waals surface area contributed by atoms with Gasteiger partial charge >= 0.3 is 0 Å². The van der Waals surface area contributed by atoms with Crippen molar-refractivity contribution < 1.29 is 9.32 Å². The molecule has 1 amide bonds. The third-order valence-corrected chi connectivity index (χ3v) is 5.79. The number of amides is 1. The van der Waals surface area contributed by atoms with Gasteiger partial charge in [-0.3, -0.25) is 4.79 Å². The molecule has 2 aromatic heterocycles. The van der Waals surface area contributed by atoms with Gasteiger partial charge in [-0.15, -0.1) is 0 Å². The number of hydrogen-bond acceptors (Lipinski definition) is 6. The van der Waals surface area contributed by atoms with Crippen LogP contribution >= 0.6 is 0 Å². The molecule has 0 N–H and O–H groups in total. The van der Waals surface area contributed by atoms with Crippen LogP contribution in [0.25, 0.3) is 11.4 Å². The van der Waals surface area contributed by atoms with Crippen molar-refractivity contribution in [1.29, 1.82) is 0 Å². The number of pyridine rings is 1. The van der Waals surface area contributed by atoms with Crippen molar-refractivity contribution in [3.05, 3.63) is 24.2 Å². The maximum absolute atomic E-state index is 12.9. The lowest BCUT2D eigenvalue weighted by Gasteiger charge is -2.37. The summed E-state index contributed by atoms with van der Waals surface area (Å²) in [5.41, 5.74) is 0.879. The topological polar surface area (TPSA) is 75.4 Å². The van der Waals surface area contributed by atoms with E-state index in [0.717, 1.165) is 69.2 Å². The Kier molecular flexibility index (Phi) is 5.09. The largest absolute Gasteiger partial charge is 0.356 e. The number of aromatic nitrogens is 3. The molecule has 0 radical (unpaired) electrons. The molecule has 7 nitrogen and oxygen atoms in total. The lowest BCUT2D eigenvalue weighted by molar-refractivity contribution is -0.137. The van der Waals surface area contributed by atoms with Crippen LogP contribution in [0.4, 0.5) is 5.82 Å². The average molecular weight is 369 g/mol. The van der Waals surface area contributed by atoms with Gasteiger partial charge in [-0.05, 0) is 43.7 Å². The highest BCUT2D eigenvalue weighted by Crippen LogP contribution is 2.31. The van der Waals surface area contributed by atoms with E-state index in [-0.39, 0.29) is 5.92 Å². The van der Waals surface area contributed by atoms with Gasteiger partial charge in [0.2, 0.25) is 17.6 Å². The third kappa shape index (κ3) is 3.82. The number of anilines is 1. The first kappa shape index (κ1) is 17.9. The molecule has 2 saturated heterocycles. The summed E-state index contributed by atoms with van der Waals surface area (Å²) in [6, 6.07) is 3.86. The number of nitrogens with zero attached hydrogens (tertiary/aromatic N) is 5. The molecule has 7 heteroatoms. The molecule has 0 atom stereocenters. The highest BCUT2D eigenvalue weighted by atomic mass is 16.5. The second kappa shape index (κ2) is 7.66. The summed E-state index contributed by atoms with van der Waals surface area (Å²) in [5, 5.41) is 4.04. The minimum atomic E-state index is 0.134. The lowest BCUT2D eigenvalue weighted by Crippen LogP contribution is -2.45. The fourth-order valence-corrected chi connectivity index (χ4v) is 4.06. The molecule has 144 valence electrons. The van der Waals surface area contributed by atoms with Gasteiger partial charge in [0.05, 0.1) is 5.56 Å². The summed E-state index contributed by atoms with van der Waals surface area (Å²) in [6.45, 7) is 7.54. The van der Waals surface area contributed by atoms with Crippen LogP contribution in [0.3, 0.4) is 0 Å². The minimum Gasteiger partial charge on any atom is -0.356 e. The standard InChI is InChI=1S/C20H27N5O2/c1-14-5-10-25(11-6-14)20(26)16-7-12-24(13-8-16)19-17(4-3-9-21-19)18-22-15(2)27-23-18/h3-4,9,14,16H,5-8,10-13H2,1-2H3. The van der Waals surface area contributed by atoms with Gasteiger partial charge in [0.1, 0.15) is 5.82 Å². The van der Waals surface area contributed by atoms with E-state index in [2.05, 4.69) is 31.8 Å². The summed E-state index contributed by atoms with van der Waals surface area (Å²) < 4.78 is 5.13. The molecule has 27 heavy (non-hydrogen) atoms. The Morgan fingerprint density at radius 1 is 1.15 bits per heavy atom. The molecule has 0 unspecified atom stereocenters. The molecule has 0 aliphatic carbocycles. The predicted molar refractivity (Wildman–Crippen MR) is 102 cm³/mol. The van der Waals surface area contributed by atoms with Gasteiger partial charge in [-0.1, -0.05) is 12.1 Å². The molecule has 4 rings (SSSR count). The van der Waals surface area contributed by atoms with Crippen LogP contribution in [0.5, 0.6) is 0 Å². The maximum atomic E-state index is 12.9. The van der Waals surface area contributed by atoms with E-state index in [4.69, 9.17) is 4.52 Å². The zero-order valence-corrected chi connectivity index (χ0v) is 16.1. The fourth-order valence-electron chi connectivity index (χ4n) is 4.06. The monoisotopic (exact) mass is 369 g/mol. The first-order valence-corrected chi connectivity index (χ1v) is 9.91. The zero-order valence-electron chi connectivity index (χ0n) is 16.1. The van der Waals surface area contributed by atoms with E-state index in [9.17, 15) is 4.79 Å². The lowest BCUT2D eigenvalue weighted by atomic mass is 9.92. The number of aryl methyl sites for hydroxylation is 1. The quantitative estimate of drug-likeness (QED) is 0.828. The van der Waals surface area contributed by atoms with Crippen molar-refractivity contribution in [3.63, 3.8) is 0 Å². The van der Waals surface area contributed by atoms with Crippen LogP contribution in [0.1, 0.15) is 38.5 Å². The van der Waals surface area contributed by atoms with Crippen LogP contribution in [-0.4, -0.2) is 52.1 Å². The number of piperidine rings is 2. The maximum Gasteiger partial charge on any atom is 0.225 e. The molecular weight excluding hydrogens is 342 g/mol. The highest BCUT2D eigenvalue weighted by molar-refractivity contribution is 5.79. The first-order valence-electron chi connectivity index (χ1n) is 9.91. The Morgan fingerprint density at radius 3 is 2.56 bits per heavy atom. The van der Waals surface area contributed by atoms with E-state index >= 15 is 0 Å². The average Bonchev–Trinajstić information content (AvgIpc) is 3.14. The van der Waals surface area contributed by atoms with Crippen molar-refractivity contribution >= 4 is 11.7 Å². The molecule has 0 aromatic carbocycles. The first-order chi connectivity index (χ1) is 13.1. The van der Waals surface area contributed by atoms with Crippen LogP contribution in [-0.2, 0) is 4.79 Å². The Labute approximate surface area is 159 Å². The summed E-state index contributed by atoms with van der Waals surface area (Å²) >= 11 is 0. The smallest absolute Gasteiger partial charge is 0.225 e. The SMILES string of the molecule is Cc1nc(-c2cccnc2N2CCC(C(=O)N3CCC(C)CC3)CC2)no1. The van der Waals surface area contributed by atoms with Gasteiger partial charge in [0, 0.05) is 45.2 Å². The van der Waals surface area contributed by atoms with E-state index < -0.39 is 0 Å². The molecular formula is C20H27N5O2. The van der Waals surface area contributed by atoms with Crippen molar-refractivity contribution in [3.8, 4) is 11.4 Å². The van der Waals surface area contributed by atoms with Crippen molar-refractivity contribution in [2.75, 3.05) is 31.1 Å². The van der Waals surface area contributed by atoms with E-state index in [1.165, 1.54) is 0 Å². The number of carbonyl (C=O) groups excluding carboxylic acids is 1. The van der Waals surface area contributed by atoms with Gasteiger partial charge in [0.25, 0.3) is 0 Å². The number of rotatable bonds is 3. The highest BCUT2D eigenvalue weighted by Gasteiger charge is 2.31. The number of likely N-dealkylation sites (tertiary alicyclic amines) is 1. The summed E-state index contributed by atoms with van der Waals surface area (Å²) in [6.07, 6.45) is 5.79. The molecule has 2 fully saturated rings. The Balaban J connectivity index is 1.42. The van der Waals surface area contributed by atoms with Gasteiger partial charge in [0.15, 0.2) is 0 Å². The van der Waals surface area contributed by atoms with E-state index in [1.54, 1.807) is 13.1 Å². The van der Waals surface area contributed by atoms with Gasteiger partial charge in [-0.25, -0.2) is 4.98 Å². The molecule has 2 aliphatic heterocycles. The summed E-state index contributed by atoms with van der Waals surface area (Å²) in [5.74, 6) is 3.20. The molecule has 0 saturated carbocycles.